The van der Waals surface area contributed by atoms with Crippen LogP contribution in [0.15, 0.2) is 18.2 Å². The zero-order valence-electron chi connectivity index (χ0n) is 11.2. The average molecular weight is 252 g/mol. The van der Waals surface area contributed by atoms with Crippen LogP contribution in [-0.4, -0.2) is 18.5 Å². The summed E-state index contributed by atoms with van der Waals surface area (Å²) in [6.07, 6.45) is 2.03. The molecule has 0 aliphatic rings. The summed E-state index contributed by atoms with van der Waals surface area (Å²) in [6.45, 7) is 6.39. The van der Waals surface area contributed by atoms with Crippen LogP contribution in [0.2, 0.25) is 0 Å². The number of amides is 1. The molecule has 0 saturated heterocycles. The first-order valence-corrected chi connectivity index (χ1v) is 6.35. The highest BCUT2D eigenvalue weighted by Gasteiger charge is 2.12. The second-order valence-corrected chi connectivity index (χ2v) is 4.47. The molecule has 0 spiro atoms. The van der Waals surface area contributed by atoms with Crippen LogP contribution in [0.4, 0.5) is 10.1 Å². The maximum Gasteiger partial charge on any atom is 0.242 e. The summed E-state index contributed by atoms with van der Waals surface area (Å²) in [5, 5.41) is 5.94. The number of nitrogens with one attached hydrogen (secondary N) is 2. The van der Waals surface area contributed by atoms with Crippen molar-refractivity contribution in [1.29, 1.82) is 0 Å². The lowest BCUT2D eigenvalue weighted by atomic mass is 10.1. The van der Waals surface area contributed by atoms with Crippen molar-refractivity contribution in [3.63, 3.8) is 0 Å². The van der Waals surface area contributed by atoms with E-state index in [0.29, 0.717) is 6.54 Å². The molecule has 0 bridgehead atoms. The maximum absolute atomic E-state index is 12.9. The largest absolute Gasteiger partial charge is 0.374 e. The van der Waals surface area contributed by atoms with Gasteiger partial charge in [-0.2, -0.15) is 0 Å². The summed E-state index contributed by atoms with van der Waals surface area (Å²) in [5.74, 6) is -0.301. The predicted octanol–water partition coefficient (Wildman–Crippen LogP) is 2.85. The number of halogens is 1. The van der Waals surface area contributed by atoms with Crippen LogP contribution in [-0.2, 0) is 4.79 Å². The number of carbonyl (C=O) groups is 1. The highest BCUT2D eigenvalue weighted by molar-refractivity contribution is 5.84. The second kappa shape index (κ2) is 6.99. The molecule has 0 heterocycles. The fourth-order valence-corrected chi connectivity index (χ4v) is 1.63. The van der Waals surface area contributed by atoms with E-state index in [4.69, 9.17) is 0 Å². The Balaban J connectivity index is 2.53. The third kappa shape index (κ3) is 4.35. The van der Waals surface area contributed by atoms with Crippen LogP contribution in [0.3, 0.4) is 0 Å². The molecular weight excluding hydrogens is 231 g/mol. The third-order valence-corrected chi connectivity index (χ3v) is 2.78. The lowest BCUT2D eigenvalue weighted by Gasteiger charge is -2.16. The monoisotopic (exact) mass is 252 g/mol. The summed E-state index contributed by atoms with van der Waals surface area (Å²) in [6, 6.07) is 4.16. The highest BCUT2D eigenvalue weighted by Crippen LogP contribution is 2.16. The van der Waals surface area contributed by atoms with Crippen LogP contribution in [0.5, 0.6) is 0 Å². The first-order valence-electron chi connectivity index (χ1n) is 6.35. The maximum atomic E-state index is 12.9. The van der Waals surface area contributed by atoms with E-state index in [1.54, 1.807) is 13.0 Å². The Bertz CT molecular complexity index is 407. The number of hydrogen-bond acceptors (Lipinski definition) is 2. The average Bonchev–Trinajstić information content (AvgIpc) is 2.32. The molecule has 3 nitrogen and oxygen atoms in total. The van der Waals surface area contributed by atoms with Crippen molar-refractivity contribution in [3.05, 3.63) is 29.6 Å². The van der Waals surface area contributed by atoms with Crippen LogP contribution in [0.1, 0.15) is 32.3 Å². The second-order valence-electron chi connectivity index (χ2n) is 4.47. The van der Waals surface area contributed by atoms with Crippen molar-refractivity contribution in [2.45, 2.75) is 39.7 Å². The Labute approximate surface area is 108 Å². The lowest BCUT2D eigenvalue weighted by molar-refractivity contribution is -0.121. The standard InChI is InChI=1S/C14H21FN2O/c1-4-5-8-16-14(18)11(3)17-13-7-6-12(15)9-10(13)2/h6-7,9,11,17H,4-5,8H2,1-3H3,(H,16,18). The molecule has 4 heteroatoms. The molecule has 1 unspecified atom stereocenters. The molecule has 1 aromatic rings. The zero-order valence-corrected chi connectivity index (χ0v) is 11.2. The van der Waals surface area contributed by atoms with Gasteiger partial charge in [-0.05, 0) is 44.0 Å². The minimum atomic E-state index is -0.328. The molecule has 0 aliphatic carbocycles. The number of rotatable bonds is 6. The van der Waals surface area contributed by atoms with Gasteiger partial charge in [0.2, 0.25) is 5.91 Å². The van der Waals surface area contributed by atoms with Crippen LogP contribution in [0.25, 0.3) is 0 Å². The van der Waals surface area contributed by atoms with Crippen molar-refractivity contribution in [3.8, 4) is 0 Å². The first kappa shape index (κ1) is 14.5. The summed E-state index contributed by atoms with van der Waals surface area (Å²) in [4.78, 5) is 11.8. The van der Waals surface area contributed by atoms with E-state index >= 15 is 0 Å². The minimum absolute atomic E-state index is 0.0350. The number of aryl methyl sites for hydroxylation is 1. The summed E-state index contributed by atoms with van der Waals surface area (Å²) in [7, 11) is 0. The molecule has 1 atom stereocenters. The summed E-state index contributed by atoms with van der Waals surface area (Å²) >= 11 is 0. The summed E-state index contributed by atoms with van der Waals surface area (Å²) in [5.41, 5.74) is 1.58. The molecule has 0 aliphatic heterocycles. The fraction of sp³-hybridized carbons (Fsp3) is 0.500. The van der Waals surface area contributed by atoms with Crippen LogP contribution < -0.4 is 10.6 Å². The van der Waals surface area contributed by atoms with Gasteiger partial charge in [0, 0.05) is 12.2 Å². The van der Waals surface area contributed by atoms with Gasteiger partial charge in [-0.1, -0.05) is 13.3 Å². The van der Waals surface area contributed by atoms with E-state index in [2.05, 4.69) is 17.6 Å². The molecule has 0 radical (unpaired) electrons. The smallest absolute Gasteiger partial charge is 0.242 e. The molecule has 0 saturated carbocycles. The van der Waals surface area contributed by atoms with Crippen molar-refractivity contribution < 1.29 is 9.18 Å². The van der Waals surface area contributed by atoms with Gasteiger partial charge in [0.05, 0.1) is 0 Å². The highest BCUT2D eigenvalue weighted by atomic mass is 19.1. The van der Waals surface area contributed by atoms with Gasteiger partial charge in [0.25, 0.3) is 0 Å². The SMILES string of the molecule is CCCCNC(=O)C(C)Nc1ccc(F)cc1C. The van der Waals surface area contributed by atoms with Gasteiger partial charge in [-0.15, -0.1) is 0 Å². The molecule has 1 amide bonds. The van der Waals surface area contributed by atoms with Gasteiger partial charge in [-0.25, -0.2) is 4.39 Å². The molecule has 18 heavy (non-hydrogen) atoms. The van der Waals surface area contributed by atoms with E-state index < -0.39 is 0 Å². The topological polar surface area (TPSA) is 41.1 Å². The van der Waals surface area contributed by atoms with E-state index in [1.807, 2.05) is 6.92 Å². The summed E-state index contributed by atoms with van der Waals surface area (Å²) < 4.78 is 12.9. The van der Waals surface area contributed by atoms with Gasteiger partial charge in [0.15, 0.2) is 0 Å². The van der Waals surface area contributed by atoms with Crippen molar-refractivity contribution in [2.75, 3.05) is 11.9 Å². The van der Waals surface area contributed by atoms with E-state index in [0.717, 1.165) is 24.1 Å². The molecule has 0 aromatic heterocycles. The van der Waals surface area contributed by atoms with Crippen LogP contribution in [0, 0.1) is 12.7 Å². The minimum Gasteiger partial charge on any atom is -0.374 e. The first-order chi connectivity index (χ1) is 8.54. The molecular formula is C14H21FN2O. The number of carbonyl (C=O) groups excluding carboxylic acids is 1. The molecule has 2 N–H and O–H groups in total. The lowest BCUT2D eigenvalue weighted by Crippen LogP contribution is -2.38. The Morgan fingerprint density at radius 1 is 1.44 bits per heavy atom. The van der Waals surface area contributed by atoms with Crippen molar-refractivity contribution in [1.82, 2.24) is 5.32 Å². The molecule has 1 rings (SSSR count). The van der Waals surface area contributed by atoms with Crippen molar-refractivity contribution >= 4 is 11.6 Å². The zero-order chi connectivity index (χ0) is 13.5. The predicted molar refractivity (Wildman–Crippen MR) is 72.1 cm³/mol. The van der Waals surface area contributed by atoms with E-state index in [-0.39, 0.29) is 17.8 Å². The number of unbranched alkanes of at least 4 members (excludes halogenated alkanes) is 1. The molecule has 100 valence electrons. The molecule has 1 aromatic carbocycles. The van der Waals surface area contributed by atoms with Gasteiger partial charge in [0.1, 0.15) is 11.9 Å². The number of anilines is 1. The number of hydrogen-bond donors (Lipinski definition) is 2. The van der Waals surface area contributed by atoms with E-state index in [1.165, 1.54) is 12.1 Å². The fourth-order valence-electron chi connectivity index (χ4n) is 1.63. The van der Waals surface area contributed by atoms with Gasteiger partial charge in [-0.3, -0.25) is 4.79 Å². The Morgan fingerprint density at radius 2 is 2.17 bits per heavy atom. The van der Waals surface area contributed by atoms with Gasteiger partial charge < -0.3 is 10.6 Å². The third-order valence-electron chi connectivity index (χ3n) is 2.78. The van der Waals surface area contributed by atoms with E-state index in [9.17, 15) is 9.18 Å². The Hall–Kier alpha value is -1.58. The van der Waals surface area contributed by atoms with Crippen molar-refractivity contribution in [2.24, 2.45) is 0 Å². The van der Waals surface area contributed by atoms with Gasteiger partial charge >= 0.3 is 0 Å². The Morgan fingerprint density at radius 3 is 2.78 bits per heavy atom. The Kier molecular flexibility index (Phi) is 5.62. The quantitative estimate of drug-likeness (QED) is 0.764. The molecule has 0 fully saturated rings. The normalized spacial score (nSPS) is 12.0. The number of benzene rings is 1. The van der Waals surface area contributed by atoms with Crippen LogP contribution >= 0.6 is 0 Å².